The summed E-state index contributed by atoms with van der Waals surface area (Å²) in [6.45, 7) is 4.50. The van der Waals surface area contributed by atoms with Crippen molar-refractivity contribution in [1.82, 2.24) is 0 Å². The fourth-order valence-corrected chi connectivity index (χ4v) is 4.34. The molecule has 0 bridgehead atoms. The quantitative estimate of drug-likeness (QED) is 0.781. The van der Waals surface area contributed by atoms with Crippen LogP contribution in [0.5, 0.6) is 0 Å². The lowest BCUT2D eigenvalue weighted by molar-refractivity contribution is 0.371. The maximum absolute atomic E-state index is 6.69. The van der Waals surface area contributed by atoms with E-state index >= 15 is 0 Å². The van der Waals surface area contributed by atoms with Crippen LogP contribution >= 0.6 is 11.3 Å². The van der Waals surface area contributed by atoms with E-state index in [0.717, 1.165) is 5.92 Å². The van der Waals surface area contributed by atoms with Crippen LogP contribution in [0.25, 0.3) is 0 Å². The summed E-state index contributed by atoms with van der Waals surface area (Å²) in [5, 5.41) is 2.19. The predicted octanol–water partition coefficient (Wildman–Crippen LogP) is 4.59. The minimum absolute atomic E-state index is 0.0270. The molecule has 0 radical (unpaired) electrons. The van der Waals surface area contributed by atoms with E-state index in [0.29, 0.717) is 0 Å². The first-order valence-corrected chi connectivity index (χ1v) is 7.87. The Labute approximate surface area is 109 Å². The first kappa shape index (κ1) is 13.1. The molecule has 1 aliphatic rings. The topological polar surface area (TPSA) is 26.0 Å². The highest BCUT2D eigenvalue weighted by atomic mass is 32.1. The third-order valence-corrected chi connectivity index (χ3v) is 5.48. The smallest absolute Gasteiger partial charge is 0.0506 e. The molecule has 2 atom stereocenters. The summed E-state index contributed by atoms with van der Waals surface area (Å²) in [4.78, 5) is 1.44. The molecule has 1 aliphatic carbocycles. The van der Waals surface area contributed by atoms with Crippen LogP contribution < -0.4 is 5.73 Å². The molecule has 1 nitrogen and oxygen atoms in total. The van der Waals surface area contributed by atoms with Gasteiger partial charge in [-0.2, -0.15) is 0 Å². The van der Waals surface area contributed by atoms with Gasteiger partial charge in [-0.25, -0.2) is 0 Å². The summed E-state index contributed by atoms with van der Waals surface area (Å²) in [5.74, 6) is 0.922. The van der Waals surface area contributed by atoms with Crippen molar-refractivity contribution >= 4 is 11.3 Å². The van der Waals surface area contributed by atoms with Crippen LogP contribution in [-0.2, 0) is 5.54 Å². The number of aryl methyl sites for hydroxylation is 1. The molecule has 17 heavy (non-hydrogen) atoms. The van der Waals surface area contributed by atoms with Crippen LogP contribution in [0.3, 0.4) is 0 Å². The van der Waals surface area contributed by atoms with Crippen LogP contribution in [0.2, 0.25) is 0 Å². The van der Waals surface area contributed by atoms with Crippen molar-refractivity contribution in [1.29, 1.82) is 0 Å². The zero-order chi connectivity index (χ0) is 12.3. The molecule has 96 valence electrons. The van der Waals surface area contributed by atoms with Crippen molar-refractivity contribution in [3.8, 4) is 0 Å². The van der Waals surface area contributed by atoms with Gasteiger partial charge in [0.25, 0.3) is 0 Å². The molecule has 2 unspecified atom stereocenters. The third kappa shape index (κ3) is 2.92. The zero-order valence-corrected chi connectivity index (χ0v) is 12.0. The summed E-state index contributed by atoms with van der Waals surface area (Å²) < 4.78 is 0. The lowest BCUT2D eigenvalue weighted by Crippen LogP contribution is -2.35. The Morgan fingerprint density at radius 1 is 1.41 bits per heavy atom. The molecule has 0 amide bonds. The predicted molar refractivity (Wildman–Crippen MR) is 76.4 cm³/mol. The van der Waals surface area contributed by atoms with E-state index in [4.69, 9.17) is 5.73 Å². The van der Waals surface area contributed by atoms with Gasteiger partial charge in [0.2, 0.25) is 0 Å². The highest BCUT2D eigenvalue weighted by molar-refractivity contribution is 7.10. The first-order valence-electron chi connectivity index (χ1n) is 6.99. The number of hydrogen-bond acceptors (Lipinski definition) is 2. The van der Waals surface area contributed by atoms with Crippen LogP contribution in [0.15, 0.2) is 11.4 Å². The molecule has 0 aromatic carbocycles. The van der Waals surface area contributed by atoms with E-state index in [1.165, 1.54) is 55.4 Å². The minimum Gasteiger partial charge on any atom is -0.321 e. The lowest BCUT2D eigenvalue weighted by atomic mass is 9.87. The van der Waals surface area contributed by atoms with E-state index in [1.807, 2.05) is 11.3 Å². The van der Waals surface area contributed by atoms with Crippen LogP contribution in [-0.4, -0.2) is 0 Å². The molecule has 1 saturated carbocycles. The van der Waals surface area contributed by atoms with E-state index < -0.39 is 0 Å². The zero-order valence-electron chi connectivity index (χ0n) is 11.2. The molecule has 1 aromatic rings. The lowest BCUT2D eigenvalue weighted by Gasteiger charge is -2.28. The van der Waals surface area contributed by atoms with Gasteiger partial charge in [0.1, 0.15) is 0 Å². The Kier molecular flexibility index (Phi) is 4.26. The second kappa shape index (κ2) is 5.53. The van der Waals surface area contributed by atoms with Crippen LogP contribution in [0.1, 0.15) is 62.3 Å². The summed E-state index contributed by atoms with van der Waals surface area (Å²) >= 11 is 1.85. The Hall–Kier alpha value is -0.340. The van der Waals surface area contributed by atoms with E-state index in [9.17, 15) is 0 Å². The summed E-state index contributed by atoms with van der Waals surface area (Å²) in [5.41, 5.74) is 8.06. The average molecular weight is 251 g/mol. The van der Waals surface area contributed by atoms with Gasteiger partial charge in [-0.3, -0.25) is 0 Å². The van der Waals surface area contributed by atoms with Gasteiger partial charge in [-0.05, 0) is 49.1 Å². The highest BCUT2D eigenvalue weighted by Crippen LogP contribution is 2.40. The first-order chi connectivity index (χ1) is 8.15. The molecule has 2 N–H and O–H groups in total. The minimum atomic E-state index is -0.0270. The third-order valence-electron chi connectivity index (χ3n) is 4.25. The Morgan fingerprint density at radius 3 is 2.88 bits per heavy atom. The molecular formula is C15H25NS. The summed E-state index contributed by atoms with van der Waals surface area (Å²) in [7, 11) is 0. The second-order valence-corrected chi connectivity index (χ2v) is 6.59. The van der Waals surface area contributed by atoms with E-state index in [-0.39, 0.29) is 5.54 Å². The molecule has 1 fully saturated rings. The Balaban J connectivity index is 2.09. The number of nitrogens with two attached hydrogens (primary N) is 1. The van der Waals surface area contributed by atoms with Gasteiger partial charge in [0.05, 0.1) is 5.54 Å². The largest absolute Gasteiger partial charge is 0.321 e. The van der Waals surface area contributed by atoms with Crippen molar-refractivity contribution in [2.75, 3.05) is 0 Å². The van der Waals surface area contributed by atoms with Crippen LogP contribution in [0.4, 0.5) is 0 Å². The van der Waals surface area contributed by atoms with Gasteiger partial charge in [-0.1, -0.05) is 32.6 Å². The Morgan fingerprint density at radius 2 is 2.24 bits per heavy atom. The number of rotatable bonds is 3. The fraction of sp³-hybridized carbons (Fsp3) is 0.733. The molecule has 2 heteroatoms. The molecule has 1 aromatic heterocycles. The fourth-order valence-electron chi connectivity index (χ4n) is 3.24. The standard InChI is InChI=1S/C15H25NS/c1-3-5-13-6-4-9-15(16,10-7-13)14-12(2)8-11-17-14/h8,11,13H,3-7,9-10,16H2,1-2H3. The SMILES string of the molecule is CCCC1CCCC(N)(c2sccc2C)CC1. The molecule has 0 aliphatic heterocycles. The van der Waals surface area contributed by atoms with Gasteiger partial charge < -0.3 is 5.73 Å². The maximum atomic E-state index is 6.69. The Bertz CT molecular complexity index is 358. The molecule has 2 rings (SSSR count). The second-order valence-electron chi connectivity index (χ2n) is 5.67. The summed E-state index contributed by atoms with van der Waals surface area (Å²) in [6, 6.07) is 2.21. The van der Waals surface area contributed by atoms with Crippen molar-refractivity contribution in [3.05, 3.63) is 21.9 Å². The van der Waals surface area contributed by atoms with Crippen molar-refractivity contribution < 1.29 is 0 Å². The molecule has 1 heterocycles. The van der Waals surface area contributed by atoms with Gasteiger partial charge in [0.15, 0.2) is 0 Å². The number of hydrogen-bond donors (Lipinski definition) is 1. The number of thiophene rings is 1. The molecule has 0 saturated heterocycles. The maximum Gasteiger partial charge on any atom is 0.0506 e. The average Bonchev–Trinajstić information content (AvgIpc) is 2.64. The van der Waals surface area contributed by atoms with Crippen molar-refractivity contribution in [2.45, 2.75) is 64.3 Å². The van der Waals surface area contributed by atoms with E-state index in [1.54, 1.807) is 0 Å². The highest BCUT2D eigenvalue weighted by Gasteiger charge is 2.32. The monoisotopic (exact) mass is 251 g/mol. The van der Waals surface area contributed by atoms with E-state index in [2.05, 4.69) is 25.3 Å². The van der Waals surface area contributed by atoms with Gasteiger partial charge >= 0.3 is 0 Å². The van der Waals surface area contributed by atoms with Crippen molar-refractivity contribution in [2.24, 2.45) is 11.7 Å². The summed E-state index contributed by atoms with van der Waals surface area (Å²) in [6.07, 6.45) is 9.07. The van der Waals surface area contributed by atoms with Crippen molar-refractivity contribution in [3.63, 3.8) is 0 Å². The molecule has 0 spiro atoms. The van der Waals surface area contributed by atoms with Gasteiger partial charge in [-0.15, -0.1) is 11.3 Å². The van der Waals surface area contributed by atoms with Gasteiger partial charge in [0, 0.05) is 4.88 Å². The normalized spacial score (nSPS) is 30.2. The molecular weight excluding hydrogens is 226 g/mol. The van der Waals surface area contributed by atoms with Crippen LogP contribution in [0, 0.1) is 12.8 Å².